The predicted octanol–water partition coefficient (Wildman–Crippen LogP) is 4.48. The highest BCUT2D eigenvalue weighted by atomic mass is 16.1. The van der Waals surface area contributed by atoms with Crippen LogP contribution < -0.4 is 5.32 Å². The fraction of sp³-hybridized carbons (Fsp3) is 0.190. The number of anilines is 1. The van der Waals surface area contributed by atoms with E-state index in [-0.39, 0.29) is 5.91 Å². The number of nitrogens with one attached hydrogen (secondary N) is 1. The fourth-order valence-corrected chi connectivity index (χ4v) is 3.39. The fourth-order valence-electron chi connectivity index (χ4n) is 3.39. The van der Waals surface area contributed by atoms with Crippen LogP contribution in [0.15, 0.2) is 67.0 Å². The molecule has 1 aliphatic rings. The van der Waals surface area contributed by atoms with Crippen molar-refractivity contribution in [2.45, 2.75) is 25.8 Å². The van der Waals surface area contributed by atoms with Gasteiger partial charge in [0, 0.05) is 31.0 Å². The SMILES string of the molecule is O=C(CCCn1cccc1)Nc1ccc2c(c1)Cc1ccccc1-2. The molecule has 3 nitrogen and oxygen atoms in total. The van der Waals surface area contributed by atoms with Gasteiger partial charge in [-0.05, 0) is 59.4 Å². The molecule has 0 atom stereocenters. The van der Waals surface area contributed by atoms with Crippen molar-refractivity contribution in [2.75, 3.05) is 5.32 Å². The second-order valence-electron chi connectivity index (χ2n) is 6.28. The Morgan fingerprint density at radius 1 is 0.958 bits per heavy atom. The number of carbonyl (C=O) groups excluding carboxylic acids is 1. The van der Waals surface area contributed by atoms with E-state index in [9.17, 15) is 4.79 Å². The van der Waals surface area contributed by atoms with Crippen molar-refractivity contribution < 1.29 is 4.79 Å². The van der Waals surface area contributed by atoms with Crippen LogP contribution in [0.25, 0.3) is 11.1 Å². The summed E-state index contributed by atoms with van der Waals surface area (Å²) in [5.41, 5.74) is 6.16. The molecule has 4 rings (SSSR count). The molecule has 3 heteroatoms. The molecule has 24 heavy (non-hydrogen) atoms. The van der Waals surface area contributed by atoms with Gasteiger partial charge in [0.25, 0.3) is 0 Å². The van der Waals surface area contributed by atoms with E-state index >= 15 is 0 Å². The predicted molar refractivity (Wildman–Crippen MR) is 97.0 cm³/mol. The Balaban J connectivity index is 1.37. The molecule has 0 saturated carbocycles. The van der Waals surface area contributed by atoms with Crippen molar-refractivity contribution in [3.63, 3.8) is 0 Å². The zero-order valence-electron chi connectivity index (χ0n) is 13.5. The maximum absolute atomic E-state index is 12.1. The second-order valence-corrected chi connectivity index (χ2v) is 6.28. The van der Waals surface area contributed by atoms with Crippen molar-refractivity contribution in [3.8, 4) is 11.1 Å². The molecule has 1 N–H and O–H groups in total. The summed E-state index contributed by atoms with van der Waals surface area (Å²) in [4.78, 5) is 12.1. The van der Waals surface area contributed by atoms with E-state index in [0.717, 1.165) is 25.1 Å². The lowest BCUT2D eigenvalue weighted by Crippen LogP contribution is -2.12. The van der Waals surface area contributed by atoms with E-state index in [4.69, 9.17) is 0 Å². The van der Waals surface area contributed by atoms with Gasteiger partial charge in [-0.2, -0.15) is 0 Å². The molecule has 0 saturated heterocycles. The largest absolute Gasteiger partial charge is 0.354 e. The van der Waals surface area contributed by atoms with Crippen LogP contribution in [0.4, 0.5) is 5.69 Å². The van der Waals surface area contributed by atoms with E-state index in [2.05, 4.69) is 46.3 Å². The quantitative estimate of drug-likeness (QED) is 0.579. The van der Waals surface area contributed by atoms with Gasteiger partial charge >= 0.3 is 0 Å². The molecule has 1 aromatic heterocycles. The monoisotopic (exact) mass is 316 g/mol. The van der Waals surface area contributed by atoms with Crippen LogP contribution in [-0.4, -0.2) is 10.5 Å². The lowest BCUT2D eigenvalue weighted by atomic mass is 10.1. The van der Waals surface area contributed by atoms with Crippen molar-refractivity contribution in [2.24, 2.45) is 0 Å². The number of hydrogen-bond acceptors (Lipinski definition) is 1. The highest BCUT2D eigenvalue weighted by molar-refractivity contribution is 5.91. The van der Waals surface area contributed by atoms with Crippen LogP contribution in [0.1, 0.15) is 24.0 Å². The van der Waals surface area contributed by atoms with Crippen molar-refractivity contribution in [3.05, 3.63) is 78.1 Å². The summed E-state index contributed by atoms with van der Waals surface area (Å²) in [5.74, 6) is 0.0811. The molecule has 0 fully saturated rings. The first kappa shape index (κ1) is 14.8. The third kappa shape index (κ3) is 2.98. The van der Waals surface area contributed by atoms with Gasteiger partial charge in [-0.25, -0.2) is 0 Å². The Kier molecular flexibility index (Phi) is 3.91. The number of amides is 1. The topological polar surface area (TPSA) is 34.0 Å². The van der Waals surface area contributed by atoms with E-state index in [1.807, 2.05) is 30.6 Å². The Morgan fingerprint density at radius 2 is 1.75 bits per heavy atom. The maximum atomic E-state index is 12.1. The molecule has 0 aliphatic heterocycles. The van der Waals surface area contributed by atoms with Crippen molar-refractivity contribution in [1.82, 2.24) is 4.57 Å². The first-order valence-electron chi connectivity index (χ1n) is 8.41. The molecule has 0 radical (unpaired) electrons. The van der Waals surface area contributed by atoms with Crippen LogP contribution in [0.5, 0.6) is 0 Å². The molecule has 120 valence electrons. The Morgan fingerprint density at radius 3 is 2.62 bits per heavy atom. The van der Waals surface area contributed by atoms with Gasteiger partial charge < -0.3 is 9.88 Å². The van der Waals surface area contributed by atoms with Gasteiger partial charge in [0.15, 0.2) is 0 Å². The molecular formula is C21H20N2O. The van der Waals surface area contributed by atoms with Gasteiger partial charge in [0.05, 0.1) is 0 Å². The highest BCUT2D eigenvalue weighted by Gasteiger charge is 2.18. The zero-order chi connectivity index (χ0) is 16.4. The van der Waals surface area contributed by atoms with Crippen molar-refractivity contribution >= 4 is 11.6 Å². The summed E-state index contributed by atoms with van der Waals surface area (Å²) in [6.07, 6.45) is 6.38. The molecule has 3 aromatic rings. The maximum Gasteiger partial charge on any atom is 0.224 e. The van der Waals surface area contributed by atoms with Crippen LogP contribution in [0.2, 0.25) is 0 Å². The molecule has 1 heterocycles. The minimum absolute atomic E-state index is 0.0811. The molecule has 0 spiro atoms. The Bertz CT molecular complexity index is 865. The normalized spacial score (nSPS) is 11.8. The molecule has 2 aromatic carbocycles. The third-order valence-corrected chi connectivity index (χ3v) is 4.56. The third-order valence-electron chi connectivity index (χ3n) is 4.56. The van der Waals surface area contributed by atoms with E-state index in [0.29, 0.717) is 6.42 Å². The van der Waals surface area contributed by atoms with Gasteiger partial charge in [0.1, 0.15) is 0 Å². The van der Waals surface area contributed by atoms with Crippen LogP contribution in [0.3, 0.4) is 0 Å². The summed E-state index contributed by atoms with van der Waals surface area (Å²) in [5, 5.41) is 3.03. The lowest BCUT2D eigenvalue weighted by Gasteiger charge is -2.08. The van der Waals surface area contributed by atoms with Crippen LogP contribution in [0, 0.1) is 0 Å². The van der Waals surface area contributed by atoms with Gasteiger partial charge in [-0.3, -0.25) is 4.79 Å². The van der Waals surface area contributed by atoms with E-state index in [1.54, 1.807) is 0 Å². The Hall–Kier alpha value is -2.81. The molecule has 0 unspecified atom stereocenters. The lowest BCUT2D eigenvalue weighted by molar-refractivity contribution is -0.116. The number of aromatic nitrogens is 1. The highest BCUT2D eigenvalue weighted by Crippen LogP contribution is 2.37. The van der Waals surface area contributed by atoms with Gasteiger partial charge in [-0.15, -0.1) is 0 Å². The van der Waals surface area contributed by atoms with Gasteiger partial charge in [0.2, 0.25) is 5.91 Å². The first-order valence-corrected chi connectivity index (χ1v) is 8.41. The van der Waals surface area contributed by atoms with Crippen LogP contribution in [-0.2, 0) is 17.8 Å². The summed E-state index contributed by atoms with van der Waals surface area (Å²) < 4.78 is 2.10. The molecule has 1 amide bonds. The molecule has 0 bridgehead atoms. The smallest absolute Gasteiger partial charge is 0.224 e. The molecule has 1 aliphatic carbocycles. The first-order chi connectivity index (χ1) is 11.8. The minimum atomic E-state index is 0.0811. The van der Waals surface area contributed by atoms with E-state index < -0.39 is 0 Å². The zero-order valence-corrected chi connectivity index (χ0v) is 13.5. The molecular weight excluding hydrogens is 296 g/mol. The van der Waals surface area contributed by atoms with Gasteiger partial charge in [-0.1, -0.05) is 30.3 Å². The number of benzene rings is 2. The number of carbonyl (C=O) groups is 1. The second kappa shape index (κ2) is 6.36. The minimum Gasteiger partial charge on any atom is -0.354 e. The Labute approximate surface area is 141 Å². The summed E-state index contributed by atoms with van der Waals surface area (Å²) >= 11 is 0. The average Bonchev–Trinajstić information content (AvgIpc) is 3.21. The summed E-state index contributed by atoms with van der Waals surface area (Å²) in [6.45, 7) is 0.875. The summed E-state index contributed by atoms with van der Waals surface area (Å²) in [7, 11) is 0. The number of hydrogen-bond donors (Lipinski definition) is 1. The van der Waals surface area contributed by atoms with E-state index in [1.165, 1.54) is 22.3 Å². The summed E-state index contributed by atoms with van der Waals surface area (Å²) in [6, 6.07) is 18.7. The number of fused-ring (bicyclic) bond motifs is 3. The van der Waals surface area contributed by atoms with Crippen molar-refractivity contribution in [1.29, 1.82) is 0 Å². The number of rotatable bonds is 5. The average molecular weight is 316 g/mol. The number of aryl methyl sites for hydroxylation is 1. The van der Waals surface area contributed by atoms with Crippen LogP contribution >= 0.6 is 0 Å². The standard InChI is InChI=1S/C21H20N2O/c24-21(8-5-13-23-11-3-4-12-23)22-18-9-10-20-17(15-18)14-16-6-1-2-7-19(16)20/h1-4,6-7,9-12,15H,5,8,13-14H2,(H,22,24). The number of nitrogens with zero attached hydrogens (tertiary/aromatic N) is 1.